The molecule has 0 amide bonds. The Bertz CT molecular complexity index is 4850. The van der Waals surface area contributed by atoms with Gasteiger partial charge in [-0.3, -0.25) is 15.0 Å². The molecule has 0 spiro atoms. The van der Waals surface area contributed by atoms with Crippen LogP contribution >= 0.6 is 0 Å². The number of furan rings is 1. The Morgan fingerprint density at radius 3 is 1.52 bits per heavy atom. The van der Waals surface area contributed by atoms with E-state index in [-0.39, 0.29) is 44.7 Å². The molecule has 14 rings (SSSR count). The normalized spacial score (nSPS) is 12.0. The van der Waals surface area contributed by atoms with Crippen molar-refractivity contribution in [3.8, 4) is 67.9 Å². The van der Waals surface area contributed by atoms with Crippen molar-refractivity contribution in [3.05, 3.63) is 234 Å². The summed E-state index contributed by atoms with van der Waals surface area (Å²) in [6.45, 7) is 22.5. The Morgan fingerprint density at radius 1 is 0.435 bits per heavy atom. The van der Waals surface area contributed by atoms with Gasteiger partial charge in [-0.05, 0) is 159 Å². The maximum atomic E-state index is 7.25. The fourth-order valence-electron chi connectivity index (χ4n) is 12.8. The van der Waals surface area contributed by atoms with Crippen LogP contribution in [-0.4, -0.2) is 24.1 Å². The number of rotatable bonds is 12. The van der Waals surface area contributed by atoms with E-state index in [4.69, 9.17) is 24.1 Å². The van der Waals surface area contributed by atoms with Gasteiger partial charge in [0.15, 0.2) is 0 Å². The summed E-state index contributed by atoms with van der Waals surface area (Å²) in [5.74, 6) is 3.27. The first-order valence-electron chi connectivity index (χ1n) is 29.5. The number of imidazole rings is 2. The molecule has 7 nitrogen and oxygen atoms in total. The zero-order valence-corrected chi connectivity index (χ0v) is 51.8. The molecule has 0 aliphatic rings. The number of benzene rings is 10. The largest absolute Gasteiger partial charge is 2.00 e. The number of ether oxygens (including phenoxy) is 1. The van der Waals surface area contributed by atoms with Crippen molar-refractivity contribution < 1.29 is 30.2 Å². The van der Waals surface area contributed by atoms with Crippen molar-refractivity contribution in [2.24, 2.45) is 0 Å². The van der Waals surface area contributed by atoms with Gasteiger partial charge in [0.2, 0.25) is 0 Å². The van der Waals surface area contributed by atoms with Crippen LogP contribution in [0.25, 0.3) is 122 Å². The van der Waals surface area contributed by atoms with Gasteiger partial charge in [-0.25, -0.2) is 0 Å². The van der Waals surface area contributed by atoms with Gasteiger partial charge < -0.3 is 18.3 Å². The van der Waals surface area contributed by atoms with Gasteiger partial charge >= 0.3 is 21.1 Å². The van der Waals surface area contributed by atoms with E-state index in [1.807, 2.05) is 12.1 Å². The van der Waals surface area contributed by atoms with E-state index in [0.29, 0.717) is 28.5 Å². The maximum Gasteiger partial charge on any atom is 2.00 e. The summed E-state index contributed by atoms with van der Waals surface area (Å²) in [4.78, 5) is 16.0. The van der Waals surface area contributed by atoms with Crippen molar-refractivity contribution in [3.63, 3.8) is 0 Å². The number of nitrogens with zero attached hydrogens (tertiary/aromatic N) is 5. The van der Waals surface area contributed by atoms with Crippen molar-refractivity contribution in [1.29, 1.82) is 0 Å². The molecule has 0 bridgehead atoms. The van der Waals surface area contributed by atoms with E-state index in [9.17, 15) is 0 Å². The summed E-state index contributed by atoms with van der Waals surface area (Å²) in [6, 6.07) is 74.5. The Labute approximate surface area is 511 Å². The van der Waals surface area contributed by atoms with Crippen LogP contribution in [0.3, 0.4) is 0 Å². The maximum absolute atomic E-state index is 7.25. The number of pyridine rings is 1. The van der Waals surface area contributed by atoms with Crippen LogP contribution in [0.2, 0.25) is 0 Å². The number of aryl methyl sites for hydroxylation is 2. The molecule has 0 aliphatic heterocycles. The van der Waals surface area contributed by atoms with E-state index in [2.05, 4.69) is 266 Å². The van der Waals surface area contributed by atoms with Gasteiger partial charge in [0.05, 0.1) is 39.3 Å². The van der Waals surface area contributed by atoms with Gasteiger partial charge in [0.25, 0.3) is 0 Å². The summed E-state index contributed by atoms with van der Waals surface area (Å²) in [5.41, 5.74) is 20.6. The van der Waals surface area contributed by atoms with Crippen LogP contribution in [0.4, 0.5) is 0 Å². The molecule has 0 aliphatic carbocycles. The van der Waals surface area contributed by atoms with E-state index in [1.54, 1.807) is 0 Å². The predicted molar refractivity (Wildman–Crippen MR) is 348 cm³/mol. The minimum atomic E-state index is 0. The second-order valence-corrected chi connectivity index (χ2v) is 23.8. The molecular formula is C77H65N5O2Pt. The van der Waals surface area contributed by atoms with E-state index < -0.39 is 0 Å². The first-order chi connectivity index (χ1) is 40.8. The third kappa shape index (κ3) is 9.54. The monoisotopic (exact) mass is 1290 g/mol. The molecule has 4 heterocycles. The van der Waals surface area contributed by atoms with Gasteiger partial charge in [-0.15, -0.1) is 23.8 Å². The summed E-state index contributed by atoms with van der Waals surface area (Å²) in [7, 11) is 0. The molecule has 0 saturated heterocycles. The van der Waals surface area contributed by atoms with Crippen molar-refractivity contribution in [2.75, 3.05) is 0 Å². The van der Waals surface area contributed by atoms with Crippen LogP contribution in [0.1, 0.15) is 113 Å². The third-order valence-corrected chi connectivity index (χ3v) is 16.8. The van der Waals surface area contributed by atoms with E-state index in [0.717, 1.165) is 94.1 Å². The number of fused-ring (bicyclic) bond motifs is 9. The molecule has 85 heavy (non-hydrogen) atoms. The van der Waals surface area contributed by atoms with Crippen LogP contribution in [0.5, 0.6) is 11.5 Å². The smallest absolute Gasteiger partial charge is 0.501 e. The van der Waals surface area contributed by atoms with Crippen molar-refractivity contribution in [2.45, 2.75) is 92.9 Å². The second kappa shape index (κ2) is 21.9. The fraction of sp³-hybridized carbons (Fsp3) is 0.182. The van der Waals surface area contributed by atoms with Crippen LogP contribution in [0, 0.1) is 26.0 Å². The first kappa shape index (κ1) is 55.3. The summed E-state index contributed by atoms with van der Waals surface area (Å²) in [6.07, 6.45) is 0. The molecule has 0 unspecified atom stereocenters. The van der Waals surface area contributed by atoms with E-state index >= 15 is 0 Å². The quantitative estimate of drug-likeness (QED) is 0.0900. The average Bonchev–Trinajstić information content (AvgIpc) is 2.12. The third-order valence-electron chi connectivity index (χ3n) is 16.8. The molecule has 420 valence electrons. The predicted octanol–water partition coefficient (Wildman–Crippen LogP) is 21.1. The molecule has 0 radical (unpaired) electrons. The van der Waals surface area contributed by atoms with Crippen LogP contribution < -0.4 is 4.74 Å². The van der Waals surface area contributed by atoms with Crippen LogP contribution in [0.15, 0.2) is 192 Å². The van der Waals surface area contributed by atoms with Crippen molar-refractivity contribution in [1.82, 2.24) is 24.1 Å². The molecule has 8 heteroatoms. The molecule has 0 atom stereocenters. The van der Waals surface area contributed by atoms with Crippen molar-refractivity contribution >= 4 is 65.6 Å². The van der Waals surface area contributed by atoms with Gasteiger partial charge in [0, 0.05) is 45.0 Å². The molecule has 0 saturated carbocycles. The zero-order valence-electron chi connectivity index (χ0n) is 49.6. The molecule has 0 fully saturated rings. The first-order valence-corrected chi connectivity index (χ1v) is 29.5. The number of hydrogen-bond acceptors (Lipinski definition) is 5. The Balaban J connectivity index is 0.00000672. The average molecular weight is 1290 g/mol. The molecule has 10 aromatic carbocycles. The molecule has 14 aromatic rings. The minimum absolute atomic E-state index is 0. The number of aromatic nitrogens is 5. The molecule has 4 aromatic heterocycles. The summed E-state index contributed by atoms with van der Waals surface area (Å²) >= 11 is 0. The zero-order chi connectivity index (χ0) is 57.7. The minimum Gasteiger partial charge on any atom is -0.501 e. The summed E-state index contributed by atoms with van der Waals surface area (Å²) < 4.78 is 19.2. The van der Waals surface area contributed by atoms with Gasteiger partial charge in [-0.2, -0.15) is 0 Å². The Kier molecular flexibility index (Phi) is 14.3. The topological polar surface area (TPSA) is 70.9 Å². The van der Waals surface area contributed by atoms with E-state index in [1.165, 1.54) is 44.5 Å². The molecular weight excluding hydrogens is 1220 g/mol. The SMILES string of the molecule is Cc1cc2c(ccc3ccc4oc5c(-c6nc7ccccc7n6-c6c(C(C)C)cc(-c7ccccc7)cc6C(C)C)[c-]c(Oc6[c-]c(-c7nc8ccccc8n7-c7c(C(C)C)cc(-c8ccccc8)cc7C(C)C)ccc6)cc5c4c32)c(C)n1.[Pt+2]. The Morgan fingerprint density at radius 2 is 0.953 bits per heavy atom. The number of hydrogen-bond donors (Lipinski definition) is 0. The fourth-order valence-corrected chi connectivity index (χ4v) is 12.8. The van der Waals surface area contributed by atoms with Gasteiger partial charge in [-0.1, -0.05) is 188 Å². The number of para-hydroxylation sites is 4. The Hall–Kier alpha value is -8.90. The summed E-state index contributed by atoms with van der Waals surface area (Å²) in [5, 5.41) is 6.31. The standard InChI is InChI=1S/C77H65N5O2.Pt/c1-44(2)59-38-54(50-22-13-11-14-23-50)39-60(45(3)4)73(59)81-68-30-19-17-28-66(68)79-76(81)53-26-21-27-56(37-53)83-57-42-64-72-70(35-33-52-32-34-58-49(10)78-48(9)36-63(58)71(52)72)84-75(64)65(43-57)77-80-67-29-18-20-31-69(67)82(77)74-61(46(5)6)40-55(41-62(74)47(7)8)51-24-15-12-16-25-51;/h11-36,38-42,44-47H,1-10H3;/q-2;+2. The van der Waals surface area contributed by atoms with Crippen LogP contribution in [-0.2, 0) is 21.1 Å². The van der Waals surface area contributed by atoms with Gasteiger partial charge in [0.1, 0.15) is 5.58 Å². The second-order valence-electron chi connectivity index (χ2n) is 23.8. The molecule has 0 N–H and O–H groups in total.